The fourth-order valence-electron chi connectivity index (χ4n) is 1.13. The zero-order chi connectivity index (χ0) is 11.5. The minimum atomic E-state index is -3.13. The van der Waals surface area contributed by atoms with Gasteiger partial charge < -0.3 is 0 Å². The molecule has 6 heteroatoms. The highest BCUT2D eigenvalue weighted by Crippen LogP contribution is 2.21. The number of nitrogens with one attached hydrogen (secondary N) is 1. The van der Waals surface area contributed by atoms with Crippen molar-refractivity contribution in [3.8, 4) is 0 Å². The summed E-state index contributed by atoms with van der Waals surface area (Å²) in [5.74, 6) is 0.331. The van der Waals surface area contributed by atoms with E-state index in [4.69, 9.17) is 0 Å². The predicted molar refractivity (Wildman–Crippen MR) is 67.5 cm³/mol. The molecule has 1 heterocycles. The molecule has 0 unspecified atom stereocenters. The van der Waals surface area contributed by atoms with E-state index in [0.717, 1.165) is 8.66 Å². The Balaban J connectivity index is 2.50. The molecule has 0 saturated carbocycles. The molecular weight excluding hydrogens is 298 g/mol. The highest BCUT2D eigenvalue weighted by atomic mass is 79.9. The number of sulfonamides is 1. The van der Waals surface area contributed by atoms with E-state index in [1.807, 2.05) is 26.0 Å². The molecule has 0 fully saturated rings. The molecule has 0 bridgehead atoms. The lowest BCUT2D eigenvalue weighted by atomic mass is 10.3. The van der Waals surface area contributed by atoms with Gasteiger partial charge in [-0.2, -0.15) is 0 Å². The topological polar surface area (TPSA) is 46.2 Å². The van der Waals surface area contributed by atoms with Crippen LogP contribution in [0.5, 0.6) is 0 Å². The molecular formula is C9H14BrNO2S2. The van der Waals surface area contributed by atoms with Gasteiger partial charge in [0, 0.05) is 11.4 Å². The number of hydrogen-bond acceptors (Lipinski definition) is 3. The summed E-state index contributed by atoms with van der Waals surface area (Å²) in [5.41, 5.74) is 0. The van der Waals surface area contributed by atoms with Crippen LogP contribution in [0.4, 0.5) is 0 Å². The van der Waals surface area contributed by atoms with Crippen LogP contribution in [0.25, 0.3) is 0 Å². The van der Waals surface area contributed by atoms with Crippen molar-refractivity contribution in [3.05, 3.63) is 20.8 Å². The van der Waals surface area contributed by atoms with Gasteiger partial charge in [0.25, 0.3) is 0 Å². The number of halogens is 1. The maximum absolute atomic E-state index is 11.5. The van der Waals surface area contributed by atoms with E-state index in [2.05, 4.69) is 20.7 Å². The molecule has 0 amide bonds. The van der Waals surface area contributed by atoms with E-state index in [0.29, 0.717) is 6.54 Å². The lowest BCUT2D eigenvalue weighted by Crippen LogP contribution is -2.27. The first-order valence-corrected chi connectivity index (χ1v) is 7.87. The Bertz CT molecular complexity index is 412. The minimum absolute atomic E-state index is 0.151. The Morgan fingerprint density at radius 2 is 2.13 bits per heavy atom. The van der Waals surface area contributed by atoms with Crippen LogP contribution in [-0.4, -0.2) is 14.2 Å². The van der Waals surface area contributed by atoms with Gasteiger partial charge in [-0.05, 0) is 34.0 Å². The lowest BCUT2D eigenvalue weighted by molar-refractivity contribution is 0.568. The number of rotatable bonds is 5. The van der Waals surface area contributed by atoms with Crippen LogP contribution in [0.3, 0.4) is 0 Å². The summed E-state index contributed by atoms with van der Waals surface area (Å²) in [6.07, 6.45) is 0. The van der Waals surface area contributed by atoms with Gasteiger partial charge >= 0.3 is 0 Å². The Kier molecular flexibility index (Phi) is 4.76. The lowest BCUT2D eigenvalue weighted by Gasteiger charge is -2.07. The van der Waals surface area contributed by atoms with Crippen LogP contribution >= 0.6 is 27.3 Å². The van der Waals surface area contributed by atoms with Crippen LogP contribution < -0.4 is 4.72 Å². The molecule has 0 atom stereocenters. The highest BCUT2D eigenvalue weighted by Gasteiger charge is 2.12. The molecule has 0 spiro atoms. The molecule has 1 aromatic heterocycles. The molecule has 0 aromatic carbocycles. The summed E-state index contributed by atoms with van der Waals surface area (Å²) in [6, 6.07) is 3.82. The summed E-state index contributed by atoms with van der Waals surface area (Å²) in [6.45, 7) is 4.16. The van der Waals surface area contributed by atoms with Gasteiger partial charge in [-0.15, -0.1) is 11.3 Å². The first-order valence-electron chi connectivity index (χ1n) is 4.60. The number of thiophene rings is 1. The van der Waals surface area contributed by atoms with Crippen molar-refractivity contribution in [3.63, 3.8) is 0 Å². The molecule has 1 N–H and O–H groups in total. The van der Waals surface area contributed by atoms with Crippen LogP contribution in [0.15, 0.2) is 15.9 Å². The summed E-state index contributed by atoms with van der Waals surface area (Å²) in [4.78, 5) is 1.01. The van der Waals surface area contributed by atoms with E-state index in [1.165, 1.54) is 11.3 Å². The van der Waals surface area contributed by atoms with Gasteiger partial charge in [0.05, 0.1) is 9.54 Å². The minimum Gasteiger partial charge on any atom is -0.212 e. The predicted octanol–water partition coefficient (Wildman–Crippen LogP) is 2.59. The first-order chi connectivity index (χ1) is 6.89. The van der Waals surface area contributed by atoms with Gasteiger partial charge in [0.15, 0.2) is 0 Å². The fourth-order valence-corrected chi connectivity index (χ4v) is 4.01. The third kappa shape index (κ3) is 5.10. The molecule has 0 radical (unpaired) electrons. The van der Waals surface area contributed by atoms with Gasteiger partial charge in [-0.25, -0.2) is 13.1 Å². The largest absolute Gasteiger partial charge is 0.212 e. The standard InChI is InChI=1S/C9H14BrNO2S2/c1-7(2)6-15(12,13)11-5-8-3-4-9(10)14-8/h3-4,7,11H,5-6H2,1-2H3. The van der Waals surface area contributed by atoms with Gasteiger partial charge in [0.1, 0.15) is 0 Å². The van der Waals surface area contributed by atoms with Crippen molar-refractivity contribution in [2.24, 2.45) is 5.92 Å². The van der Waals surface area contributed by atoms with Crippen molar-refractivity contribution in [1.29, 1.82) is 0 Å². The molecule has 0 saturated heterocycles. The van der Waals surface area contributed by atoms with Crippen LogP contribution in [0.2, 0.25) is 0 Å². The molecule has 0 aliphatic heterocycles. The maximum Gasteiger partial charge on any atom is 0.212 e. The van der Waals surface area contributed by atoms with E-state index in [9.17, 15) is 8.42 Å². The first kappa shape index (κ1) is 13.2. The highest BCUT2D eigenvalue weighted by molar-refractivity contribution is 9.11. The average molecular weight is 312 g/mol. The van der Waals surface area contributed by atoms with Gasteiger partial charge in [-0.1, -0.05) is 13.8 Å². The van der Waals surface area contributed by atoms with Crippen molar-refractivity contribution < 1.29 is 8.42 Å². The van der Waals surface area contributed by atoms with E-state index >= 15 is 0 Å². The molecule has 0 aliphatic rings. The van der Waals surface area contributed by atoms with Crippen molar-refractivity contribution >= 4 is 37.3 Å². The molecule has 15 heavy (non-hydrogen) atoms. The Hall–Kier alpha value is 0.0900. The SMILES string of the molecule is CC(C)CS(=O)(=O)NCc1ccc(Br)s1. The van der Waals surface area contributed by atoms with Crippen molar-refractivity contribution in [2.45, 2.75) is 20.4 Å². The van der Waals surface area contributed by atoms with Gasteiger partial charge in [-0.3, -0.25) is 0 Å². The quantitative estimate of drug-likeness (QED) is 0.908. The number of hydrogen-bond donors (Lipinski definition) is 1. The van der Waals surface area contributed by atoms with Crippen LogP contribution in [-0.2, 0) is 16.6 Å². The molecule has 0 aliphatic carbocycles. The zero-order valence-electron chi connectivity index (χ0n) is 8.66. The van der Waals surface area contributed by atoms with E-state index < -0.39 is 10.0 Å². The Morgan fingerprint density at radius 3 is 2.60 bits per heavy atom. The van der Waals surface area contributed by atoms with E-state index in [-0.39, 0.29) is 11.7 Å². The molecule has 3 nitrogen and oxygen atoms in total. The normalized spacial score (nSPS) is 12.3. The monoisotopic (exact) mass is 311 g/mol. The molecule has 1 aromatic rings. The fraction of sp³-hybridized carbons (Fsp3) is 0.556. The Labute approximate surface area is 103 Å². The van der Waals surface area contributed by atoms with Crippen molar-refractivity contribution in [1.82, 2.24) is 4.72 Å². The van der Waals surface area contributed by atoms with Gasteiger partial charge in [0.2, 0.25) is 10.0 Å². The molecule has 1 rings (SSSR count). The van der Waals surface area contributed by atoms with Crippen LogP contribution in [0, 0.1) is 5.92 Å². The summed E-state index contributed by atoms with van der Waals surface area (Å²) in [5, 5.41) is 0. The summed E-state index contributed by atoms with van der Waals surface area (Å²) < 4.78 is 26.6. The third-order valence-electron chi connectivity index (χ3n) is 1.65. The van der Waals surface area contributed by atoms with Crippen molar-refractivity contribution in [2.75, 3.05) is 5.75 Å². The maximum atomic E-state index is 11.5. The summed E-state index contributed by atoms with van der Waals surface area (Å²) >= 11 is 4.87. The Morgan fingerprint density at radius 1 is 1.47 bits per heavy atom. The second-order valence-corrected chi connectivity index (χ2v) is 8.10. The third-order valence-corrected chi connectivity index (χ3v) is 4.96. The zero-order valence-corrected chi connectivity index (χ0v) is 11.9. The van der Waals surface area contributed by atoms with Crippen LogP contribution in [0.1, 0.15) is 18.7 Å². The summed E-state index contributed by atoms with van der Waals surface area (Å²) in [7, 11) is -3.13. The second kappa shape index (κ2) is 5.43. The average Bonchev–Trinajstić information content (AvgIpc) is 2.46. The second-order valence-electron chi connectivity index (χ2n) is 3.70. The van der Waals surface area contributed by atoms with E-state index in [1.54, 1.807) is 0 Å². The smallest absolute Gasteiger partial charge is 0.212 e. The molecule has 86 valence electrons.